The van der Waals surface area contributed by atoms with Gasteiger partial charge in [0.05, 0.1) is 45.5 Å². The first-order valence-corrected chi connectivity index (χ1v) is 10.2. The second kappa shape index (κ2) is 8.91. The van der Waals surface area contributed by atoms with Gasteiger partial charge in [-0.1, -0.05) is 0 Å². The van der Waals surface area contributed by atoms with E-state index in [-0.39, 0.29) is 16.4 Å². The van der Waals surface area contributed by atoms with Crippen molar-refractivity contribution in [3.63, 3.8) is 0 Å². The summed E-state index contributed by atoms with van der Waals surface area (Å²) in [5.41, 5.74) is 1.02. The zero-order valence-corrected chi connectivity index (χ0v) is 16.7. The Hall–Kier alpha value is -2.46. The number of hydrogen-bond acceptors (Lipinski definition) is 5. The molecule has 1 aromatic carbocycles. The molecule has 0 saturated carbocycles. The van der Waals surface area contributed by atoms with Gasteiger partial charge >= 0.3 is 6.18 Å². The number of pyridine rings is 1. The Morgan fingerprint density at radius 2 is 2.00 bits per heavy atom. The lowest BCUT2D eigenvalue weighted by Crippen LogP contribution is -2.09. The molecule has 0 spiro atoms. The Labute approximate surface area is 167 Å². The van der Waals surface area contributed by atoms with Gasteiger partial charge in [-0.2, -0.15) is 13.2 Å². The Kier molecular flexibility index (Phi) is 6.53. The third kappa shape index (κ3) is 5.13. The number of rotatable bonds is 8. The minimum Gasteiger partial charge on any atom is -0.491 e. The van der Waals surface area contributed by atoms with E-state index in [9.17, 15) is 17.4 Å². The first-order chi connectivity index (χ1) is 13.8. The highest BCUT2D eigenvalue weighted by Gasteiger charge is 2.30. The van der Waals surface area contributed by atoms with Crippen molar-refractivity contribution >= 4 is 21.8 Å². The third-order valence-corrected chi connectivity index (χ3v) is 5.38. The molecule has 0 saturated heterocycles. The monoisotopic (exact) mass is 427 g/mol. The van der Waals surface area contributed by atoms with Crippen LogP contribution in [0.5, 0.6) is 5.75 Å². The summed E-state index contributed by atoms with van der Waals surface area (Å²) in [7, 11) is -1.61. The summed E-state index contributed by atoms with van der Waals surface area (Å²) in [5, 5.41) is 0.100. The highest BCUT2D eigenvalue weighted by atomic mass is 32.2. The van der Waals surface area contributed by atoms with Crippen LogP contribution in [0, 0.1) is 6.92 Å². The van der Waals surface area contributed by atoms with Crippen LogP contribution < -0.4 is 4.74 Å². The molecule has 1 unspecified atom stereocenters. The topological polar surface area (TPSA) is 77.1 Å². The summed E-state index contributed by atoms with van der Waals surface area (Å²) in [6.07, 6.45) is -2.90. The molecule has 2 aromatic heterocycles. The van der Waals surface area contributed by atoms with E-state index in [0.717, 1.165) is 17.7 Å². The van der Waals surface area contributed by atoms with Gasteiger partial charge in [0.15, 0.2) is 5.16 Å². The van der Waals surface area contributed by atoms with E-state index < -0.39 is 22.5 Å². The molecule has 3 rings (SSSR count). The predicted octanol–water partition coefficient (Wildman–Crippen LogP) is 4.01. The Morgan fingerprint density at radius 3 is 2.72 bits per heavy atom. The van der Waals surface area contributed by atoms with Crippen LogP contribution in [0.1, 0.15) is 23.7 Å². The van der Waals surface area contributed by atoms with Crippen LogP contribution in [0.2, 0.25) is 0 Å². The maximum Gasteiger partial charge on any atom is 0.416 e. The van der Waals surface area contributed by atoms with Crippen LogP contribution in [-0.2, 0) is 27.5 Å². The molecule has 156 valence electrons. The lowest BCUT2D eigenvalue weighted by atomic mass is 10.2. The largest absolute Gasteiger partial charge is 0.491 e. The van der Waals surface area contributed by atoms with Crippen LogP contribution in [0.15, 0.2) is 35.6 Å². The maximum absolute atomic E-state index is 12.9. The molecule has 29 heavy (non-hydrogen) atoms. The zero-order valence-electron chi connectivity index (χ0n) is 15.9. The highest BCUT2D eigenvalue weighted by molar-refractivity contribution is 7.84. The van der Waals surface area contributed by atoms with Gasteiger partial charge in [-0.3, -0.25) is 9.19 Å². The second-order valence-corrected chi connectivity index (χ2v) is 7.55. The lowest BCUT2D eigenvalue weighted by molar-refractivity contribution is -0.137. The summed E-state index contributed by atoms with van der Waals surface area (Å²) < 4.78 is 62.2. The third-order valence-electron chi connectivity index (χ3n) is 4.22. The second-order valence-electron chi connectivity index (χ2n) is 6.19. The van der Waals surface area contributed by atoms with Crippen molar-refractivity contribution in [2.45, 2.75) is 30.9 Å². The molecule has 3 aromatic rings. The van der Waals surface area contributed by atoms with Crippen molar-refractivity contribution in [3.8, 4) is 5.75 Å². The number of benzene rings is 1. The number of fused-ring (bicyclic) bond motifs is 1. The number of imidazole rings is 1. The molecule has 6 nitrogen and oxygen atoms in total. The molecule has 0 aliphatic rings. The molecule has 1 N–H and O–H groups in total. The maximum atomic E-state index is 12.9. The minimum absolute atomic E-state index is 0.0560. The molecular formula is C19H20F3N3O3S. The fraction of sp³-hybridized carbons (Fsp3) is 0.368. The number of alkyl halides is 3. The Bertz CT molecular complexity index is 1020. The smallest absolute Gasteiger partial charge is 0.416 e. The number of aromatic nitrogens is 3. The normalized spacial score (nSPS) is 13.0. The van der Waals surface area contributed by atoms with Gasteiger partial charge in [-0.05, 0) is 38.1 Å². The molecule has 0 fully saturated rings. The number of hydrogen-bond donors (Lipinski definition) is 1. The van der Waals surface area contributed by atoms with E-state index >= 15 is 0 Å². The number of aromatic amines is 1. The highest BCUT2D eigenvalue weighted by Crippen LogP contribution is 2.31. The van der Waals surface area contributed by atoms with Crippen LogP contribution in [0.3, 0.4) is 0 Å². The zero-order chi connectivity index (χ0) is 21.0. The van der Waals surface area contributed by atoms with Gasteiger partial charge in [0, 0.05) is 18.4 Å². The summed E-state index contributed by atoms with van der Waals surface area (Å²) >= 11 is 0. The fourth-order valence-corrected chi connectivity index (χ4v) is 3.78. The quantitative estimate of drug-likeness (QED) is 0.550. The molecule has 0 amide bonds. The number of H-pyrrole nitrogens is 1. The van der Waals surface area contributed by atoms with E-state index in [1.807, 2.05) is 13.8 Å². The van der Waals surface area contributed by atoms with Crippen LogP contribution in [-0.4, -0.2) is 39.0 Å². The van der Waals surface area contributed by atoms with E-state index in [0.29, 0.717) is 36.8 Å². The Morgan fingerprint density at radius 1 is 1.21 bits per heavy atom. The van der Waals surface area contributed by atoms with Crippen molar-refractivity contribution in [1.29, 1.82) is 0 Å². The summed E-state index contributed by atoms with van der Waals surface area (Å²) in [6, 6.07) is 4.88. The van der Waals surface area contributed by atoms with Gasteiger partial charge in [0.25, 0.3) is 0 Å². The number of nitrogens with zero attached hydrogens (tertiary/aromatic N) is 2. The molecule has 0 aliphatic carbocycles. The molecule has 2 heterocycles. The average Bonchev–Trinajstić information content (AvgIpc) is 3.10. The molecule has 0 aliphatic heterocycles. The molecule has 1 atom stereocenters. The van der Waals surface area contributed by atoms with E-state index in [1.54, 1.807) is 12.3 Å². The fourth-order valence-electron chi connectivity index (χ4n) is 2.68. The summed E-state index contributed by atoms with van der Waals surface area (Å²) in [4.78, 5) is 11.1. The van der Waals surface area contributed by atoms with Gasteiger partial charge in [-0.15, -0.1) is 0 Å². The standard InChI is InChI=1S/C19H20F3N3O3S/c1-3-27-8-9-28-17-6-7-23-16(12(17)2)11-29(26)18-24-14-5-4-13(19(20,21)22)10-15(14)25-18/h4-7,10H,3,8-9,11H2,1-2H3,(H,24,25). The number of ether oxygens (including phenoxy) is 2. The molecule has 0 radical (unpaired) electrons. The van der Waals surface area contributed by atoms with Gasteiger partial charge in [0.2, 0.25) is 0 Å². The predicted molar refractivity (Wildman–Crippen MR) is 102 cm³/mol. The number of halogens is 3. The van der Waals surface area contributed by atoms with E-state index in [1.165, 1.54) is 6.07 Å². The van der Waals surface area contributed by atoms with Crippen molar-refractivity contribution in [3.05, 3.63) is 47.3 Å². The van der Waals surface area contributed by atoms with Gasteiger partial charge in [0.1, 0.15) is 12.4 Å². The van der Waals surface area contributed by atoms with Gasteiger partial charge < -0.3 is 14.5 Å². The number of nitrogens with one attached hydrogen (secondary N) is 1. The molecule has 10 heteroatoms. The van der Waals surface area contributed by atoms with Gasteiger partial charge in [-0.25, -0.2) is 4.98 Å². The summed E-state index contributed by atoms with van der Waals surface area (Å²) in [5.74, 6) is 0.673. The van der Waals surface area contributed by atoms with Crippen LogP contribution in [0.4, 0.5) is 13.2 Å². The van der Waals surface area contributed by atoms with Crippen LogP contribution in [0.25, 0.3) is 11.0 Å². The van der Waals surface area contributed by atoms with Crippen molar-refractivity contribution in [1.82, 2.24) is 15.0 Å². The first kappa shape index (κ1) is 21.3. The average molecular weight is 427 g/mol. The van der Waals surface area contributed by atoms with Crippen LogP contribution >= 0.6 is 0 Å². The first-order valence-electron chi connectivity index (χ1n) is 8.90. The van der Waals surface area contributed by atoms with Crippen molar-refractivity contribution in [2.24, 2.45) is 0 Å². The SMILES string of the molecule is CCOCCOc1ccnc(CS(=O)c2nc3ccc(C(F)(F)F)cc3[nH]2)c1C. The summed E-state index contributed by atoms with van der Waals surface area (Å²) in [6.45, 7) is 5.15. The van der Waals surface area contributed by atoms with Crippen molar-refractivity contribution in [2.75, 3.05) is 19.8 Å². The Balaban J connectivity index is 1.76. The molecular weight excluding hydrogens is 407 g/mol. The minimum atomic E-state index is -4.46. The lowest BCUT2D eigenvalue weighted by Gasteiger charge is -2.11. The molecule has 0 bridgehead atoms. The van der Waals surface area contributed by atoms with E-state index in [2.05, 4.69) is 15.0 Å². The van der Waals surface area contributed by atoms with E-state index in [4.69, 9.17) is 9.47 Å². The van der Waals surface area contributed by atoms with Crippen molar-refractivity contribution < 1.29 is 26.9 Å².